The van der Waals surface area contributed by atoms with Crippen molar-refractivity contribution in [2.45, 2.75) is 12.0 Å². The summed E-state index contributed by atoms with van der Waals surface area (Å²) >= 11 is 5.96. The molecule has 2 atom stereocenters. The van der Waals surface area contributed by atoms with Crippen LogP contribution in [0.15, 0.2) is 42.5 Å². The van der Waals surface area contributed by atoms with Gasteiger partial charge in [0.05, 0.1) is 27.4 Å². The zero-order valence-corrected chi connectivity index (χ0v) is 15.4. The molecule has 0 aliphatic heterocycles. The third kappa shape index (κ3) is 4.24. The maximum Gasteiger partial charge on any atom is 0.316 e. The first-order chi connectivity index (χ1) is 12.0. The van der Waals surface area contributed by atoms with Crippen molar-refractivity contribution >= 4 is 17.6 Å². The Hall–Kier alpha value is -2.24. The van der Waals surface area contributed by atoms with Crippen LogP contribution in [-0.2, 0) is 14.3 Å². The van der Waals surface area contributed by atoms with Gasteiger partial charge in [0.25, 0.3) is 0 Å². The minimum Gasteiger partial charge on any atom is -0.497 e. The molecular weight excluding hydrogens is 344 g/mol. The monoisotopic (exact) mass is 364 g/mol. The lowest BCUT2D eigenvalue weighted by molar-refractivity contribution is -0.146. The van der Waals surface area contributed by atoms with Crippen LogP contribution in [0.2, 0.25) is 5.02 Å². The smallest absolute Gasteiger partial charge is 0.316 e. The van der Waals surface area contributed by atoms with Crippen molar-refractivity contribution in [3.8, 4) is 11.5 Å². The Morgan fingerprint density at radius 3 is 2.16 bits per heavy atom. The molecule has 2 aromatic carbocycles. The lowest BCUT2D eigenvalue weighted by atomic mass is 9.88. The predicted molar refractivity (Wildman–Crippen MR) is 95.5 cm³/mol. The number of ether oxygens (including phenoxy) is 4. The van der Waals surface area contributed by atoms with Gasteiger partial charge in [0.15, 0.2) is 0 Å². The lowest BCUT2D eigenvalue weighted by Gasteiger charge is -2.26. The van der Waals surface area contributed by atoms with Gasteiger partial charge in [0.1, 0.15) is 17.4 Å². The molecule has 134 valence electrons. The van der Waals surface area contributed by atoms with E-state index in [0.717, 1.165) is 5.56 Å². The number of carbonyl (C=O) groups is 1. The van der Waals surface area contributed by atoms with Gasteiger partial charge in [-0.25, -0.2) is 0 Å². The summed E-state index contributed by atoms with van der Waals surface area (Å²) in [6.45, 7) is 0. The van der Waals surface area contributed by atoms with Crippen molar-refractivity contribution in [1.82, 2.24) is 0 Å². The van der Waals surface area contributed by atoms with Crippen LogP contribution in [0.5, 0.6) is 11.5 Å². The van der Waals surface area contributed by atoms with Crippen LogP contribution in [0.1, 0.15) is 23.1 Å². The second-order valence-electron chi connectivity index (χ2n) is 5.32. The molecule has 2 rings (SSSR count). The summed E-state index contributed by atoms with van der Waals surface area (Å²) in [5, 5.41) is 0.607. The van der Waals surface area contributed by atoms with E-state index < -0.39 is 18.0 Å². The molecule has 0 heterocycles. The highest BCUT2D eigenvalue weighted by molar-refractivity contribution is 6.30. The van der Waals surface area contributed by atoms with Crippen LogP contribution < -0.4 is 9.47 Å². The van der Waals surface area contributed by atoms with Crippen molar-refractivity contribution in [1.29, 1.82) is 0 Å². The number of carbonyl (C=O) groups excluding carboxylic acids is 1. The van der Waals surface area contributed by atoms with E-state index in [0.29, 0.717) is 22.1 Å². The fraction of sp³-hybridized carbons (Fsp3) is 0.316. The maximum atomic E-state index is 12.6. The third-order valence-electron chi connectivity index (χ3n) is 3.99. The Balaban J connectivity index is 2.55. The Bertz CT molecular complexity index is 714. The molecule has 5 nitrogen and oxygen atoms in total. The molecule has 0 aliphatic carbocycles. The van der Waals surface area contributed by atoms with Crippen molar-refractivity contribution in [2.75, 3.05) is 28.4 Å². The Morgan fingerprint density at radius 1 is 0.960 bits per heavy atom. The molecule has 0 saturated carbocycles. The van der Waals surface area contributed by atoms with Gasteiger partial charge >= 0.3 is 5.97 Å². The molecule has 0 saturated heterocycles. The second kappa shape index (κ2) is 8.74. The van der Waals surface area contributed by atoms with Crippen molar-refractivity contribution in [2.24, 2.45) is 0 Å². The first-order valence-corrected chi connectivity index (χ1v) is 8.01. The van der Waals surface area contributed by atoms with Gasteiger partial charge in [-0.1, -0.05) is 29.8 Å². The standard InChI is InChI=1S/C19H21ClO5/c1-22-14-9-10-15(16(11-14)23-2)17(19(21)25-4)18(24-3)12-5-7-13(20)8-6-12/h5-11,17-18H,1-4H3. The normalized spacial score (nSPS) is 13.0. The zero-order chi connectivity index (χ0) is 18.4. The number of hydrogen-bond acceptors (Lipinski definition) is 5. The Labute approximate surface area is 152 Å². The average Bonchev–Trinajstić information content (AvgIpc) is 2.66. The second-order valence-corrected chi connectivity index (χ2v) is 5.75. The molecule has 0 spiro atoms. The minimum atomic E-state index is -0.711. The summed E-state index contributed by atoms with van der Waals surface area (Å²) in [6, 6.07) is 12.4. The summed E-state index contributed by atoms with van der Waals surface area (Å²) in [6.07, 6.45) is -0.563. The quantitative estimate of drug-likeness (QED) is 0.695. The van der Waals surface area contributed by atoms with Crippen molar-refractivity contribution < 1.29 is 23.7 Å². The molecule has 0 radical (unpaired) electrons. The third-order valence-corrected chi connectivity index (χ3v) is 4.24. The zero-order valence-electron chi connectivity index (χ0n) is 14.6. The SMILES string of the molecule is COC(=O)C(c1ccc(OC)cc1OC)C(OC)c1ccc(Cl)cc1. The lowest BCUT2D eigenvalue weighted by Crippen LogP contribution is -2.23. The van der Waals surface area contributed by atoms with Gasteiger partial charge in [0, 0.05) is 23.8 Å². The predicted octanol–water partition coefficient (Wildman–Crippen LogP) is 4.00. The number of methoxy groups -OCH3 is 4. The fourth-order valence-electron chi connectivity index (χ4n) is 2.73. The summed E-state index contributed by atoms with van der Waals surface area (Å²) in [4.78, 5) is 12.6. The highest BCUT2D eigenvalue weighted by Gasteiger charge is 2.34. The number of benzene rings is 2. The molecular formula is C19H21ClO5. The van der Waals surface area contributed by atoms with Gasteiger partial charge in [-0.3, -0.25) is 4.79 Å². The van der Waals surface area contributed by atoms with Crippen molar-refractivity contribution in [3.05, 3.63) is 58.6 Å². The van der Waals surface area contributed by atoms with Crippen LogP contribution >= 0.6 is 11.6 Å². The molecule has 0 bridgehead atoms. The van der Waals surface area contributed by atoms with Gasteiger partial charge in [-0.15, -0.1) is 0 Å². The highest BCUT2D eigenvalue weighted by atomic mass is 35.5. The van der Waals surface area contributed by atoms with Gasteiger partial charge in [0.2, 0.25) is 0 Å². The topological polar surface area (TPSA) is 54.0 Å². The van der Waals surface area contributed by atoms with Crippen LogP contribution in [0.4, 0.5) is 0 Å². The molecule has 2 aromatic rings. The molecule has 0 aliphatic rings. The largest absolute Gasteiger partial charge is 0.497 e. The number of esters is 1. The first kappa shape index (κ1) is 19.1. The summed E-state index contributed by atoms with van der Waals surface area (Å²) in [5.74, 6) is 0.0118. The van der Waals surface area contributed by atoms with Gasteiger partial charge < -0.3 is 18.9 Å². The highest BCUT2D eigenvalue weighted by Crippen LogP contribution is 2.40. The van der Waals surface area contributed by atoms with Gasteiger partial charge in [-0.2, -0.15) is 0 Å². The summed E-state index contributed by atoms with van der Waals surface area (Å²) in [5.41, 5.74) is 1.46. The Morgan fingerprint density at radius 2 is 1.64 bits per heavy atom. The van der Waals surface area contributed by atoms with Crippen LogP contribution in [0.25, 0.3) is 0 Å². The molecule has 0 amide bonds. The average molecular weight is 365 g/mol. The number of halogens is 1. The molecule has 25 heavy (non-hydrogen) atoms. The van der Waals surface area contributed by atoms with E-state index in [1.54, 1.807) is 44.6 Å². The summed E-state index contributed by atoms with van der Waals surface area (Å²) in [7, 11) is 6.00. The van der Waals surface area contributed by atoms with E-state index in [1.165, 1.54) is 14.2 Å². The Kier molecular flexibility index (Phi) is 6.67. The van der Waals surface area contributed by atoms with Crippen LogP contribution in [0, 0.1) is 0 Å². The van der Waals surface area contributed by atoms with Crippen molar-refractivity contribution in [3.63, 3.8) is 0 Å². The minimum absolute atomic E-state index is 0.426. The van der Waals surface area contributed by atoms with E-state index in [-0.39, 0.29) is 0 Å². The van der Waals surface area contributed by atoms with E-state index in [2.05, 4.69) is 0 Å². The first-order valence-electron chi connectivity index (χ1n) is 7.63. The fourth-order valence-corrected chi connectivity index (χ4v) is 2.86. The number of rotatable bonds is 7. The van der Waals surface area contributed by atoms with E-state index >= 15 is 0 Å². The van der Waals surface area contributed by atoms with Crippen LogP contribution in [-0.4, -0.2) is 34.4 Å². The molecule has 6 heteroatoms. The van der Waals surface area contributed by atoms with E-state index in [1.807, 2.05) is 12.1 Å². The van der Waals surface area contributed by atoms with Crippen LogP contribution in [0.3, 0.4) is 0 Å². The number of hydrogen-bond donors (Lipinski definition) is 0. The van der Waals surface area contributed by atoms with E-state index in [9.17, 15) is 4.79 Å². The molecule has 0 N–H and O–H groups in total. The summed E-state index contributed by atoms with van der Waals surface area (Å²) < 4.78 is 21.3. The molecule has 0 fully saturated rings. The molecule has 0 aromatic heterocycles. The van der Waals surface area contributed by atoms with Gasteiger partial charge in [-0.05, 0) is 23.8 Å². The maximum absolute atomic E-state index is 12.6. The van der Waals surface area contributed by atoms with E-state index in [4.69, 9.17) is 30.5 Å². The molecule has 2 unspecified atom stereocenters.